The highest BCUT2D eigenvalue weighted by Gasteiger charge is 2.19. The molecule has 2 aromatic carbocycles. The van der Waals surface area contributed by atoms with Crippen LogP contribution in [0.2, 0.25) is 0 Å². The first-order valence-corrected chi connectivity index (χ1v) is 6.68. The van der Waals surface area contributed by atoms with Gasteiger partial charge in [0.2, 0.25) is 0 Å². The lowest BCUT2D eigenvalue weighted by Gasteiger charge is -2.08. The molecule has 0 atom stereocenters. The number of hydrogen-bond acceptors (Lipinski definition) is 3. The molecule has 0 aliphatic heterocycles. The van der Waals surface area contributed by atoms with Crippen molar-refractivity contribution in [3.05, 3.63) is 59.2 Å². The van der Waals surface area contributed by atoms with Gasteiger partial charge in [0.25, 0.3) is 0 Å². The Bertz CT molecular complexity index is 629. The van der Waals surface area contributed by atoms with Crippen molar-refractivity contribution in [2.45, 2.75) is 19.4 Å². The van der Waals surface area contributed by atoms with Crippen molar-refractivity contribution in [1.29, 1.82) is 0 Å². The molecule has 3 heteroatoms. The minimum absolute atomic E-state index is 0.217. The van der Waals surface area contributed by atoms with E-state index in [0.29, 0.717) is 13.0 Å². The number of ketones is 1. The van der Waals surface area contributed by atoms with Gasteiger partial charge in [-0.2, -0.15) is 0 Å². The fraction of sp³-hybridized carbons (Fsp3) is 0.235. The van der Waals surface area contributed by atoms with Crippen LogP contribution in [0.25, 0.3) is 0 Å². The van der Waals surface area contributed by atoms with Crippen LogP contribution in [0, 0.1) is 0 Å². The molecule has 3 rings (SSSR count). The zero-order chi connectivity index (χ0) is 13.9. The number of carbonyl (C=O) groups excluding carboxylic acids is 1. The summed E-state index contributed by atoms with van der Waals surface area (Å²) in [6.07, 6.45) is 1.48. The smallest absolute Gasteiger partial charge is 0.163 e. The summed E-state index contributed by atoms with van der Waals surface area (Å²) in [7, 11) is 1.65. The van der Waals surface area contributed by atoms with Gasteiger partial charge in [0, 0.05) is 12.0 Å². The number of hydrogen-bond donors (Lipinski definition) is 0. The van der Waals surface area contributed by atoms with Crippen LogP contribution in [0.3, 0.4) is 0 Å². The van der Waals surface area contributed by atoms with E-state index in [1.54, 1.807) is 7.11 Å². The van der Waals surface area contributed by atoms with Crippen LogP contribution in [0.1, 0.15) is 27.9 Å². The van der Waals surface area contributed by atoms with E-state index in [-0.39, 0.29) is 5.78 Å². The molecule has 0 bridgehead atoms. The van der Waals surface area contributed by atoms with E-state index >= 15 is 0 Å². The van der Waals surface area contributed by atoms with Crippen LogP contribution in [0.15, 0.2) is 42.5 Å². The van der Waals surface area contributed by atoms with Crippen molar-refractivity contribution in [3.8, 4) is 11.5 Å². The van der Waals surface area contributed by atoms with Crippen molar-refractivity contribution in [3.63, 3.8) is 0 Å². The van der Waals surface area contributed by atoms with Gasteiger partial charge in [-0.15, -0.1) is 0 Å². The molecule has 1 aliphatic rings. The summed E-state index contributed by atoms with van der Waals surface area (Å²) in [5, 5.41) is 0. The van der Waals surface area contributed by atoms with E-state index in [1.807, 2.05) is 42.5 Å². The monoisotopic (exact) mass is 268 g/mol. The van der Waals surface area contributed by atoms with Crippen LogP contribution in [0.5, 0.6) is 11.5 Å². The normalized spacial score (nSPS) is 13.2. The van der Waals surface area contributed by atoms with Gasteiger partial charge in [0.15, 0.2) is 5.78 Å². The highest BCUT2D eigenvalue weighted by Crippen LogP contribution is 2.26. The molecule has 0 saturated carbocycles. The summed E-state index contributed by atoms with van der Waals surface area (Å²) in [5.41, 5.74) is 3.02. The topological polar surface area (TPSA) is 35.5 Å². The number of benzene rings is 2. The van der Waals surface area contributed by atoms with Crippen LogP contribution < -0.4 is 9.47 Å². The average Bonchev–Trinajstić information content (AvgIpc) is 2.87. The van der Waals surface area contributed by atoms with Gasteiger partial charge in [-0.25, -0.2) is 0 Å². The second kappa shape index (κ2) is 5.37. The Morgan fingerprint density at radius 1 is 1.00 bits per heavy atom. The minimum Gasteiger partial charge on any atom is -0.497 e. The lowest BCUT2D eigenvalue weighted by Crippen LogP contribution is -1.97. The number of methoxy groups -OCH3 is 1. The number of rotatable bonds is 4. The minimum atomic E-state index is 0.217. The molecule has 0 heterocycles. The van der Waals surface area contributed by atoms with E-state index in [4.69, 9.17) is 9.47 Å². The van der Waals surface area contributed by atoms with Crippen LogP contribution in [0.4, 0.5) is 0 Å². The fourth-order valence-corrected chi connectivity index (χ4v) is 2.39. The molecular weight excluding hydrogens is 252 g/mol. The molecule has 20 heavy (non-hydrogen) atoms. The zero-order valence-electron chi connectivity index (χ0n) is 11.4. The maximum atomic E-state index is 11.7. The third-order valence-electron chi connectivity index (χ3n) is 3.57. The Labute approximate surface area is 118 Å². The summed E-state index contributed by atoms with van der Waals surface area (Å²) >= 11 is 0. The molecule has 0 aromatic heterocycles. The molecule has 0 unspecified atom stereocenters. The van der Waals surface area contributed by atoms with Gasteiger partial charge in [0.05, 0.1) is 7.11 Å². The standard InChI is InChI=1S/C17H16O3/c1-19-14-6-2-12(3-7-14)11-20-15-8-4-13-5-9-17(18)16(13)10-15/h2-4,6-8,10H,5,9,11H2,1H3. The zero-order valence-corrected chi connectivity index (χ0v) is 11.4. The molecular formula is C17H16O3. The quantitative estimate of drug-likeness (QED) is 0.852. The number of carbonyl (C=O) groups is 1. The predicted octanol–water partition coefficient (Wildman–Crippen LogP) is 3.40. The number of aryl methyl sites for hydroxylation is 1. The molecule has 0 saturated heterocycles. The molecule has 102 valence electrons. The molecule has 2 aromatic rings. The second-order valence-electron chi connectivity index (χ2n) is 4.88. The van der Waals surface area contributed by atoms with Crippen molar-refractivity contribution in [2.24, 2.45) is 0 Å². The van der Waals surface area contributed by atoms with E-state index < -0.39 is 0 Å². The van der Waals surface area contributed by atoms with Crippen molar-refractivity contribution in [2.75, 3.05) is 7.11 Å². The van der Waals surface area contributed by atoms with Crippen molar-refractivity contribution in [1.82, 2.24) is 0 Å². The third kappa shape index (κ3) is 2.52. The molecule has 0 amide bonds. The summed E-state index contributed by atoms with van der Waals surface area (Å²) in [6, 6.07) is 13.5. The highest BCUT2D eigenvalue weighted by molar-refractivity contribution is 6.00. The maximum Gasteiger partial charge on any atom is 0.163 e. The Kier molecular flexibility index (Phi) is 3.42. The highest BCUT2D eigenvalue weighted by atomic mass is 16.5. The van der Waals surface area contributed by atoms with Crippen molar-refractivity contribution < 1.29 is 14.3 Å². The number of ether oxygens (including phenoxy) is 2. The van der Waals surface area contributed by atoms with Gasteiger partial charge in [-0.05, 0) is 41.8 Å². The lowest BCUT2D eigenvalue weighted by molar-refractivity contribution is 0.0994. The van der Waals surface area contributed by atoms with Gasteiger partial charge in [-0.3, -0.25) is 4.79 Å². The summed E-state index contributed by atoms with van der Waals surface area (Å²) < 4.78 is 10.9. The molecule has 1 aliphatic carbocycles. The SMILES string of the molecule is COc1ccc(COc2ccc3c(c2)C(=O)CC3)cc1. The van der Waals surface area contributed by atoms with Gasteiger partial charge < -0.3 is 9.47 Å². The third-order valence-corrected chi connectivity index (χ3v) is 3.57. The second-order valence-corrected chi connectivity index (χ2v) is 4.88. The summed E-state index contributed by atoms with van der Waals surface area (Å²) in [5.74, 6) is 1.79. The van der Waals surface area contributed by atoms with E-state index in [1.165, 1.54) is 0 Å². The Hall–Kier alpha value is -2.29. The number of Topliss-reactive ketones (excluding diaryl/α,β-unsaturated/α-hetero) is 1. The predicted molar refractivity (Wildman–Crippen MR) is 76.4 cm³/mol. The first kappa shape index (κ1) is 12.7. The van der Waals surface area contributed by atoms with E-state index in [2.05, 4.69) is 0 Å². The maximum absolute atomic E-state index is 11.7. The van der Waals surface area contributed by atoms with Gasteiger partial charge >= 0.3 is 0 Å². The molecule has 0 fully saturated rings. The fourth-order valence-electron chi connectivity index (χ4n) is 2.39. The van der Waals surface area contributed by atoms with Gasteiger partial charge in [-0.1, -0.05) is 18.2 Å². The van der Waals surface area contributed by atoms with Crippen LogP contribution >= 0.6 is 0 Å². The molecule has 0 spiro atoms. The number of fused-ring (bicyclic) bond motifs is 1. The molecule has 0 radical (unpaired) electrons. The molecule has 3 nitrogen and oxygen atoms in total. The largest absolute Gasteiger partial charge is 0.497 e. The molecule has 0 N–H and O–H groups in total. The Morgan fingerprint density at radius 3 is 2.50 bits per heavy atom. The summed E-state index contributed by atoms with van der Waals surface area (Å²) in [4.78, 5) is 11.7. The van der Waals surface area contributed by atoms with Crippen LogP contribution in [-0.2, 0) is 13.0 Å². The van der Waals surface area contributed by atoms with Crippen LogP contribution in [-0.4, -0.2) is 12.9 Å². The van der Waals surface area contributed by atoms with Gasteiger partial charge in [0.1, 0.15) is 18.1 Å². The Morgan fingerprint density at radius 2 is 1.75 bits per heavy atom. The average molecular weight is 268 g/mol. The first-order chi connectivity index (χ1) is 9.76. The van der Waals surface area contributed by atoms with E-state index in [9.17, 15) is 4.79 Å². The lowest BCUT2D eigenvalue weighted by atomic mass is 10.1. The van der Waals surface area contributed by atoms with Crippen molar-refractivity contribution >= 4 is 5.78 Å². The Balaban J connectivity index is 1.69. The van der Waals surface area contributed by atoms with E-state index in [0.717, 1.165) is 34.6 Å². The first-order valence-electron chi connectivity index (χ1n) is 6.68. The summed E-state index contributed by atoms with van der Waals surface area (Å²) in [6.45, 7) is 0.483.